The highest BCUT2D eigenvalue weighted by molar-refractivity contribution is 5.99. The topological polar surface area (TPSA) is 52.0 Å². The molecular formula is C10H10N2. The van der Waals surface area contributed by atoms with Gasteiger partial charge < -0.3 is 11.5 Å². The Bertz CT molecular complexity index is 380. The molecule has 0 amide bonds. The number of rotatable bonds is 0. The first kappa shape index (κ1) is 6.98. The van der Waals surface area contributed by atoms with Gasteiger partial charge in [0.2, 0.25) is 0 Å². The van der Waals surface area contributed by atoms with Crippen molar-refractivity contribution >= 4 is 22.1 Å². The summed E-state index contributed by atoms with van der Waals surface area (Å²) >= 11 is 0. The van der Waals surface area contributed by atoms with Crippen LogP contribution in [0.4, 0.5) is 11.4 Å². The molecule has 4 N–H and O–H groups in total. The summed E-state index contributed by atoms with van der Waals surface area (Å²) in [5.74, 6) is 0. The number of hydrogen-bond acceptors (Lipinski definition) is 2. The lowest BCUT2D eigenvalue weighted by molar-refractivity contribution is 1.71. The molecular weight excluding hydrogens is 148 g/mol. The van der Waals surface area contributed by atoms with Crippen molar-refractivity contribution in [3.63, 3.8) is 0 Å². The van der Waals surface area contributed by atoms with Crippen molar-refractivity contribution in [3.05, 3.63) is 36.4 Å². The van der Waals surface area contributed by atoms with Crippen LogP contribution in [0.3, 0.4) is 0 Å². The highest BCUT2D eigenvalue weighted by Crippen LogP contribution is 2.24. The Balaban J connectivity index is 2.94. The molecule has 0 saturated heterocycles. The molecule has 2 heteroatoms. The first-order valence-electron chi connectivity index (χ1n) is 3.82. The average Bonchev–Trinajstić information content (AvgIpc) is 2.07. The van der Waals surface area contributed by atoms with Gasteiger partial charge in [-0.3, -0.25) is 0 Å². The van der Waals surface area contributed by atoms with Crippen molar-refractivity contribution in [2.45, 2.75) is 0 Å². The number of benzene rings is 2. The van der Waals surface area contributed by atoms with Gasteiger partial charge in [-0.05, 0) is 12.1 Å². The summed E-state index contributed by atoms with van der Waals surface area (Å²) in [6.45, 7) is 0. The lowest BCUT2D eigenvalue weighted by Gasteiger charge is -2.03. The molecule has 2 rings (SSSR count). The van der Waals surface area contributed by atoms with Crippen molar-refractivity contribution in [3.8, 4) is 0 Å². The summed E-state index contributed by atoms with van der Waals surface area (Å²) in [6.07, 6.45) is 0. The number of fused-ring (bicyclic) bond motifs is 1. The normalized spacial score (nSPS) is 10.3. The second-order valence-electron chi connectivity index (χ2n) is 2.79. The Morgan fingerprint density at radius 3 is 1.50 bits per heavy atom. The lowest BCUT2D eigenvalue weighted by Crippen LogP contribution is -1.90. The lowest BCUT2D eigenvalue weighted by atomic mass is 10.1. The zero-order valence-electron chi connectivity index (χ0n) is 6.62. The van der Waals surface area contributed by atoms with E-state index in [2.05, 4.69) is 0 Å². The van der Waals surface area contributed by atoms with Gasteiger partial charge in [-0.2, -0.15) is 0 Å². The first-order valence-corrected chi connectivity index (χ1v) is 3.82. The molecule has 2 aromatic rings. The van der Waals surface area contributed by atoms with Crippen molar-refractivity contribution in [1.82, 2.24) is 0 Å². The number of anilines is 2. The van der Waals surface area contributed by atoms with Crippen molar-refractivity contribution < 1.29 is 0 Å². The highest BCUT2D eigenvalue weighted by atomic mass is 14.6. The van der Waals surface area contributed by atoms with Crippen LogP contribution in [0.2, 0.25) is 0 Å². The van der Waals surface area contributed by atoms with Crippen molar-refractivity contribution in [2.75, 3.05) is 11.5 Å². The van der Waals surface area contributed by atoms with Crippen LogP contribution < -0.4 is 11.5 Å². The molecule has 0 heterocycles. The van der Waals surface area contributed by atoms with Gasteiger partial charge in [0, 0.05) is 22.1 Å². The van der Waals surface area contributed by atoms with Crippen LogP contribution in [0.15, 0.2) is 36.4 Å². The minimum absolute atomic E-state index is 0.778. The van der Waals surface area contributed by atoms with Crippen LogP contribution in [-0.4, -0.2) is 0 Å². The Hall–Kier alpha value is -1.70. The van der Waals surface area contributed by atoms with Crippen LogP contribution in [-0.2, 0) is 0 Å². The number of hydrogen-bond donors (Lipinski definition) is 2. The van der Waals surface area contributed by atoms with E-state index >= 15 is 0 Å². The van der Waals surface area contributed by atoms with E-state index in [-0.39, 0.29) is 0 Å². The largest absolute Gasteiger partial charge is 0.398 e. The Labute approximate surface area is 70.8 Å². The van der Waals surface area contributed by atoms with Crippen LogP contribution in [0.1, 0.15) is 0 Å². The maximum atomic E-state index is 5.77. The molecule has 0 aliphatic heterocycles. The molecule has 0 aliphatic rings. The van der Waals surface area contributed by atoms with Crippen LogP contribution in [0.5, 0.6) is 0 Å². The minimum atomic E-state index is 0.778. The zero-order valence-corrected chi connectivity index (χ0v) is 6.62. The molecule has 2 nitrogen and oxygen atoms in total. The predicted molar refractivity (Wildman–Crippen MR) is 52.8 cm³/mol. The fraction of sp³-hybridized carbons (Fsp3) is 0. The molecule has 0 radical (unpaired) electrons. The fourth-order valence-electron chi connectivity index (χ4n) is 1.36. The van der Waals surface area contributed by atoms with E-state index in [1.165, 1.54) is 0 Å². The van der Waals surface area contributed by atoms with E-state index < -0.39 is 0 Å². The average molecular weight is 158 g/mol. The molecule has 0 atom stereocenters. The summed E-state index contributed by atoms with van der Waals surface area (Å²) < 4.78 is 0. The molecule has 2 aromatic carbocycles. The standard InChI is InChI=1S/C10H10N2/c11-9-5-1-3-7-8(9)4-2-6-10(7)12/h1-6H,11-12H2. The second-order valence-corrected chi connectivity index (χ2v) is 2.79. The molecule has 60 valence electrons. The van der Waals surface area contributed by atoms with Gasteiger partial charge in [-0.15, -0.1) is 0 Å². The number of nitrogen functional groups attached to an aromatic ring is 2. The zero-order chi connectivity index (χ0) is 8.55. The molecule has 12 heavy (non-hydrogen) atoms. The maximum Gasteiger partial charge on any atom is 0.0394 e. The molecule has 0 saturated carbocycles. The monoisotopic (exact) mass is 158 g/mol. The van der Waals surface area contributed by atoms with E-state index in [0.717, 1.165) is 22.1 Å². The summed E-state index contributed by atoms with van der Waals surface area (Å²) in [5.41, 5.74) is 13.1. The van der Waals surface area contributed by atoms with Gasteiger partial charge in [-0.25, -0.2) is 0 Å². The Kier molecular flexibility index (Phi) is 1.40. The van der Waals surface area contributed by atoms with E-state index in [1.54, 1.807) is 0 Å². The fourth-order valence-corrected chi connectivity index (χ4v) is 1.36. The highest BCUT2D eigenvalue weighted by Gasteiger charge is 1.98. The third kappa shape index (κ3) is 0.889. The molecule has 0 bridgehead atoms. The summed E-state index contributed by atoms with van der Waals surface area (Å²) in [6, 6.07) is 11.5. The SMILES string of the molecule is Nc1cccc2c(N)cccc12. The molecule has 0 spiro atoms. The van der Waals surface area contributed by atoms with E-state index in [9.17, 15) is 0 Å². The van der Waals surface area contributed by atoms with Gasteiger partial charge >= 0.3 is 0 Å². The molecule has 0 fully saturated rings. The van der Waals surface area contributed by atoms with Crippen LogP contribution >= 0.6 is 0 Å². The quantitative estimate of drug-likeness (QED) is 0.576. The third-order valence-corrected chi connectivity index (χ3v) is 1.99. The van der Waals surface area contributed by atoms with Gasteiger partial charge in [0.05, 0.1) is 0 Å². The van der Waals surface area contributed by atoms with Crippen LogP contribution in [0, 0.1) is 0 Å². The van der Waals surface area contributed by atoms with Crippen LogP contribution in [0.25, 0.3) is 10.8 Å². The van der Waals surface area contributed by atoms with Crippen molar-refractivity contribution in [1.29, 1.82) is 0 Å². The van der Waals surface area contributed by atoms with E-state index in [1.807, 2.05) is 36.4 Å². The van der Waals surface area contributed by atoms with Crippen molar-refractivity contribution in [2.24, 2.45) is 0 Å². The van der Waals surface area contributed by atoms with Gasteiger partial charge in [0.15, 0.2) is 0 Å². The molecule has 0 unspecified atom stereocenters. The van der Waals surface area contributed by atoms with Gasteiger partial charge in [0.25, 0.3) is 0 Å². The number of nitrogens with two attached hydrogens (primary N) is 2. The van der Waals surface area contributed by atoms with E-state index in [0.29, 0.717) is 0 Å². The summed E-state index contributed by atoms with van der Waals surface area (Å²) in [7, 11) is 0. The third-order valence-electron chi connectivity index (χ3n) is 1.99. The van der Waals surface area contributed by atoms with Gasteiger partial charge in [0.1, 0.15) is 0 Å². The Morgan fingerprint density at radius 1 is 0.667 bits per heavy atom. The molecule has 0 aliphatic carbocycles. The summed E-state index contributed by atoms with van der Waals surface area (Å²) in [4.78, 5) is 0. The molecule has 0 aromatic heterocycles. The second kappa shape index (κ2) is 2.41. The smallest absolute Gasteiger partial charge is 0.0394 e. The minimum Gasteiger partial charge on any atom is -0.398 e. The maximum absolute atomic E-state index is 5.77. The van der Waals surface area contributed by atoms with Gasteiger partial charge in [-0.1, -0.05) is 24.3 Å². The first-order chi connectivity index (χ1) is 5.79. The predicted octanol–water partition coefficient (Wildman–Crippen LogP) is 2.00. The van der Waals surface area contributed by atoms with E-state index in [4.69, 9.17) is 11.5 Å². The summed E-state index contributed by atoms with van der Waals surface area (Å²) in [5, 5.41) is 2.05. The Morgan fingerprint density at radius 2 is 1.08 bits per heavy atom.